The summed E-state index contributed by atoms with van der Waals surface area (Å²) in [6.45, 7) is 0. The highest BCUT2D eigenvalue weighted by Gasteiger charge is 2.17. The normalized spacial score (nSPS) is 10.4. The smallest absolute Gasteiger partial charge is 0.193 e. The first kappa shape index (κ1) is 13.9. The van der Waals surface area contributed by atoms with Crippen LogP contribution in [0.25, 0.3) is 11.3 Å². The van der Waals surface area contributed by atoms with Gasteiger partial charge in [0.05, 0.1) is 0 Å². The molecule has 0 saturated heterocycles. The number of furan rings is 1. The SMILES string of the molecule is O=Cc1ccc(-c2ccc(F)cc2C(=O)c2ccccc2)o1. The van der Waals surface area contributed by atoms with Crippen LogP contribution in [0.4, 0.5) is 4.39 Å². The van der Waals surface area contributed by atoms with Crippen LogP contribution in [0.15, 0.2) is 65.1 Å². The lowest BCUT2D eigenvalue weighted by Gasteiger charge is -2.07. The second-order valence-corrected chi connectivity index (χ2v) is 4.70. The summed E-state index contributed by atoms with van der Waals surface area (Å²) in [5.41, 5.74) is 1.10. The number of hydrogen-bond acceptors (Lipinski definition) is 3. The van der Waals surface area contributed by atoms with Crippen LogP contribution >= 0.6 is 0 Å². The van der Waals surface area contributed by atoms with Gasteiger partial charge in [0.25, 0.3) is 0 Å². The van der Waals surface area contributed by atoms with Gasteiger partial charge in [0.1, 0.15) is 11.6 Å². The average Bonchev–Trinajstić information content (AvgIpc) is 3.04. The van der Waals surface area contributed by atoms with E-state index in [4.69, 9.17) is 4.42 Å². The first-order valence-electron chi connectivity index (χ1n) is 6.64. The van der Waals surface area contributed by atoms with Gasteiger partial charge in [0.2, 0.25) is 0 Å². The third-order valence-electron chi connectivity index (χ3n) is 3.27. The number of carbonyl (C=O) groups is 2. The molecule has 0 unspecified atom stereocenters. The molecule has 0 atom stereocenters. The Labute approximate surface area is 126 Å². The van der Waals surface area contributed by atoms with E-state index in [9.17, 15) is 14.0 Å². The molecule has 1 aromatic heterocycles. The zero-order valence-corrected chi connectivity index (χ0v) is 11.5. The van der Waals surface area contributed by atoms with E-state index in [0.29, 0.717) is 23.2 Å². The van der Waals surface area contributed by atoms with Crippen molar-refractivity contribution < 1.29 is 18.4 Å². The summed E-state index contributed by atoms with van der Waals surface area (Å²) in [6.07, 6.45) is 0.575. The molecule has 0 fully saturated rings. The Morgan fingerprint density at radius 2 is 1.77 bits per heavy atom. The highest BCUT2D eigenvalue weighted by Crippen LogP contribution is 2.28. The molecule has 0 saturated carbocycles. The third-order valence-corrected chi connectivity index (χ3v) is 3.27. The molecular weight excluding hydrogens is 283 g/mol. The van der Waals surface area contributed by atoms with E-state index >= 15 is 0 Å². The summed E-state index contributed by atoms with van der Waals surface area (Å²) < 4.78 is 18.9. The summed E-state index contributed by atoms with van der Waals surface area (Å²) >= 11 is 0. The highest BCUT2D eigenvalue weighted by atomic mass is 19.1. The first-order chi connectivity index (χ1) is 10.7. The minimum atomic E-state index is -0.509. The molecule has 1 heterocycles. The number of rotatable bonds is 4. The van der Waals surface area contributed by atoms with E-state index < -0.39 is 5.82 Å². The number of aldehydes is 1. The van der Waals surface area contributed by atoms with E-state index in [0.717, 1.165) is 0 Å². The summed E-state index contributed by atoms with van der Waals surface area (Å²) in [6, 6.07) is 15.6. The van der Waals surface area contributed by atoms with Crippen molar-refractivity contribution in [1.29, 1.82) is 0 Å². The Morgan fingerprint density at radius 1 is 1.00 bits per heavy atom. The van der Waals surface area contributed by atoms with E-state index in [1.54, 1.807) is 36.4 Å². The number of carbonyl (C=O) groups excluding carboxylic acids is 2. The van der Waals surface area contributed by atoms with Crippen molar-refractivity contribution in [3.05, 3.63) is 83.4 Å². The van der Waals surface area contributed by atoms with Crippen LogP contribution in [-0.2, 0) is 0 Å². The number of hydrogen-bond donors (Lipinski definition) is 0. The summed E-state index contributed by atoms with van der Waals surface area (Å²) in [5, 5.41) is 0. The fraction of sp³-hybridized carbons (Fsp3) is 0. The molecule has 0 spiro atoms. The molecule has 0 N–H and O–H groups in total. The minimum Gasteiger partial charge on any atom is -0.453 e. The van der Waals surface area contributed by atoms with Crippen molar-refractivity contribution in [2.45, 2.75) is 0 Å². The Bertz CT molecular complexity index is 835. The maximum absolute atomic E-state index is 13.6. The Morgan fingerprint density at radius 3 is 2.45 bits per heavy atom. The molecule has 0 aliphatic carbocycles. The molecule has 0 aliphatic rings. The van der Waals surface area contributed by atoms with Gasteiger partial charge in [0.15, 0.2) is 17.8 Å². The second kappa shape index (κ2) is 5.77. The van der Waals surface area contributed by atoms with Crippen LogP contribution in [0.1, 0.15) is 26.5 Å². The number of benzene rings is 2. The van der Waals surface area contributed by atoms with Gasteiger partial charge in [-0.05, 0) is 30.3 Å². The van der Waals surface area contributed by atoms with E-state index in [1.807, 2.05) is 0 Å². The molecule has 3 nitrogen and oxygen atoms in total. The quantitative estimate of drug-likeness (QED) is 0.537. The summed E-state index contributed by atoms with van der Waals surface area (Å²) in [5.74, 6) is -0.317. The van der Waals surface area contributed by atoms with Crippen LogP contribution in [0.2, 0.25) is 0 Å². The maximum Gasteiger partial charge on any atom is 0.193 e. The fourth-order valence-electron chi connectivity index (χ4n) is 2.23. The molecule has 0 radical (unpaired) electrons. The maximum atomic E-state index is 13.6. The van der Waals surface area contributed by atoms with E-state index in [1.165, 1.54) is 24.3 Å². The molecule has 0 bridgehead atoms. The van der Waals surface area contributed by atoms with Gasteiger partial charge in [-0.1, -0.05) is 30.3 Å². The van der Waals surface area contributed by atoms with Crippen LogP contribution < -0.4 is 0 Å². The second-order valence-electron chi connectivity index (χ2n) is 4.70. The van der Waals surface area contributed by atoms with Crippen molar-refractivity contribution >= 4 is 12.1 Å². The Hall–Kier alpha value is -3.01. The lowest BCUT2D eigenvalue weighted by atomic mass is 9.97. The highest BCUT2D eigenvalue weighted by molar-refractivity contribution is 6.12. The molecule has 0 aliphatic heterocycles. The third kappa shape index (κ3) is 2.59. The fourth-order valence-corrected chi connectivity index (χ4v) is 2.23. The molecule has 3 rings (SSSR count). The van der Waals surface area contributed by atoms with Crippen LogP contribution in [0.5, 0.6) is 0 Å². The molecular formula is C18H11FO3. The lowest BCUT2D eigenvalue weighted by Crippen LogP contribution is -2.04. The molecule has 3 aromatic rings. The zero-order chi connectivity index (χ0) is 15.5. The molecule has 108 valence electrons. The van der Waals surface area contributed by atoms with Gasteiger partial charge >= 0.3 is 0 Å². The predicted molar refractivity (Wildman–Crippen MR) is 79.4 cm³/mol. The molecule has 22 heavy (non-hydrogen) atoms. The molecule has 0 amide bonds. The number of ketones is 1. The standard InChI is InChI=1S/C18H11FO3/c19-13-6-8-15(17-9-7-14(11-20)22-17)16(10-13)18(21)12-4-2-1-3-5-12/h1-11H. The average molecular weight is 294 g/mol. The van der Waals surface area contributed by atoms with Crippen molar-refractivity contribution in [1.82, 2.24) is 0 Å². The zero-order valence-electron chi connectivity index (χ0n) is 11.5. The van der Waals surface area contributed by atoms with Crippen molar-refractivity contribution in [2.24, 2.45) is 0 Å². The summed E-state index contributed by atoms with van der Waals surface area (Å²) in [7, 11) is 0. The van der Waals surface area contributed by atoms with E-state index in [2.05, 4.69) is 0 Å². The van der Waals surface area contributed by atoms with Gasteiger partial charge in [-0.25, -0.2) is 4.39 Å². The lowest BCUT2D eigenvalue weighted by molar-refractivity contribution is 0.103. The van der Waals surface area contributed by atoms with Gasteiger partial charge < -0.3 is 4.42 Å². The minimum absolute atomic E-state index is 0.150. The molecule has 4 heteroatoms. The van der Waals surface area contributed by atoms with Gasteiger partial charge in [-0.3, -0.25) is 9.59 Å². The van der Waals surface area contributed by atoms with Gasteiger partial charge in [-0.2, -0.15) is 0 Å². The van der Waals surface area contributed by atoms with Crippen molar-refractivity contribution in [2.75, 3.05) is 0 Å². The Kier molecular flexibility index (Phi) is 3.66. The van der Waals surface area contributed by atoms with Crippen LogP contribution in [0, 0.1) is 5.82 Å². The van der Waals surface area contributed by atoms with Crippen LogP contribution in [0.3, 0.4) is 0 Å². The largest absolute Gasteiger partial charge is 0.453 e. The summed E-state index contributed by atoms with van der Waals surface area (Å²) in [4.78, 5) is 23.3. The topological polar surface area (TPSA) is 47.3 Å². The monoisotopic (exact) mass is 294 g/mol. The van der Waals surface area contributed by atoms with E-state index in [-0.39, 0.29) is 17.1 Å². The first-order valence-corrected chi connectivity index (χ1v) is 6.64. The van der Waals surface area contributed by atoms with Crippen molar-refractivity contribution in [3.63, 3.8) is 0 Å². The van der Waals surface area contributed by atoms with Crippen LogP contribution in [-0.4, -0.2) is 12.1 Å². The predicted octanol–water partition coefficient (Wildman–Crippen LogP) is 4.13. The molecule has 2 aromatic carbocycles. The van der Waals surface area contributed by atoms with Gasteiger partial charge in [-0.15, -0.1) is 0 Å². The van der Waals surface area contributed by atoms with Gasteiger partial charge in [0, 0.05) is 16.7 Å². The Balaban J connectivity index is 2.12. The number of halogens is 1. The van der Waals surface area contributed by atoms with Crippen molar-refractivity contribution in [3.8, 4) is 11.3 Å².